The predicted octanol–water partition coefficient (Wildman–Crippen LogP) is 5.06. The number of aromatic nitrogens is 4. The molecule has 192 valence electrons. The second-order valence-electron chi connectivity index (χ2n) is 9.62. The molecule has 0 spiro atoms. The SMILES string of the molecule is O=C(O)C[C@H]1CC[C@H](OC2CCN(c3ccc(-c4nc5nc(C(F)(F)F)ccc5[nH]4)cn3)CC2)CC1. The van der Waals surface area contributed by atoms with E-state index in [-0.39, 0.29) is 30.2 Å². The molecule has 3 aromatic rings. The fourth-order valence-electron chi connectivity index (χ4n) is 5.11. The van der Waals surface area contributed by atoms with E-state index in [0.717, 1.165) is 63.5 Å². The van der Waals surface area contributed by atoms with Gasteiger partial charge in [0.25, 0.3) is 0 Å². The van der Waals surface area contributed by atoms with Gasteiger partial charge in [-0.15, -0.1) is 0 Å². The van der Waals surface area contributed by atoms with E-state index in [1.54, 1.807) is 6.20 Å². The molecule has 1 aliphatic carbocycles. The van der Waals surface area contributed by atoms with Gasteiger partial charge in [-0.3, -0.25) is 4.79 Å². The van der Waals surface area contributed by atoms with Crippen molar-refractivity contribution in [2.45, 2.75) is 63.3 Å². The van der Waals surface area contributed by atoms with Crippen LogP contribution in [0.4, 0.5) is 19.0 Å². The van der Waals surface area contributed by atoms with E-state index in [1.807, 2.05) is 12.1 Å². The van der Waals surface area contributed by atoms with Gasteiger partial charge in [0.15, 0.2) is 5.65 Å². The number of carboxylic acids is 1. The maximum atomic E-state index is 12.9. The van der Waals surface area contributed by atoms with Gasteiger partial charge in [0.2, 0.25) is 0 Å². The molecule has 0 atom stereocenters. The van der Waals surface area contributed by atoms with Crippen LogP contribution in [0.15, 0.2) is 30.5 Å². The number of nitrogens with zero attached hydrogens (tertiary/aromatic N) is 4. The molecule has 2 aliphatic rings. The lowest BCUT2D eigenvalue weighted by atomic mass is 9.85. The lowest BCUT2D eigenvalue weighted by Gasteiger charge is -2.36. The molecular weight excluding hydrogens is 475 g/mol. The standard InChI is InChI=1S/C25H28F3N5O3/c26-25(27,28)20-7-6-19-24(31-20)32-23(30-19)16-3-8-21(29-14-16)33-11-9-18(10-12-33)36-17-4-1-15(2-5-17)13-22(34)35/h3,6-8,14-15,17-18H,1-2,4-5,9-13H2,(H,34,35)(H,30,31,32)/t15-,17-. The number of hydrogen-bond donors (Lipinski definition) is 2. The summed E-state index contributed by atoms with van der Waals surface area (Å²) in [5.74, 6) is 0.801. The van der Waals surface area contributed by atoms with E-state index >= 15 is 0 Å². The predicted molar refractivity (Wildman–Crippen MR) is 126 cm³/mol. The van der Waals surface area contributed by atoms with Gasteiger partial charge in [-0.25, -0.2) is 15.0 Å². The van der Waals surface area contributed by atoms with Crippen LogP contribution in [0.2, 0.25) is 0 Å². The number of aliphatic carboxylic acids is 1. The number of nitrogens with one attached hydrogen (secondary N) is 1. The third kappa shape index (κ3) is 5.61. The zero-order chi connectivity index (χ0) is 25.3. The Labute approximate surface area is 205 Å². The number of fused-ring (bicyclic) bond motifs is 1. The third-order valence-electron chi connectivity index (χ3n) is 7.07. The Morgan fingerprint density at radius 1 is 1.03 bits per heavy atom. The number of H-pyrrole nitrogens is 1. The number of alkyl halides is 3. The second kappa shape index (κ2) is 10.0. The minimum absolute atomic E-state index is 0.0151. The lowest BCUT2D eigenvalue weighted by Crippen LogP contribution is -2.39. The lowest BCUT2D eigenvalue weighted by molar-refractivity contribution is -0.141. The number of halogens is 3. The number of aromatic amines is 1. The van der Waals surface area contributed by atoms with Gasteiger partial charge < -0.3 is 19.7 Å². The van der Waals surface area contributed by atoms with E-state index < -0.39 is 17.8 Å². The highest BCUT2D eigenvalue weighted by Crippen LogP contribution is 2.32. The Balaban J connectivity index is 1.14. The van der Waals surface area contributed by atoms with E-state index in [9.17, 15) is 18.0 Å². The summed E-state index contributed by atoms with van der Waals surface area (Å²) < 4.78 is 45.1. The molecule has 5 rings (SSSR count). The molecule has 0 amide bonds. The molecular formula is C25H28F3N5O3. The quantitative estimate of drug-likeness (QED) is 0.485. The van der Waals surface area contributed by atoms with Crippen molar-refractivity contribution in [3.8, 4) is 11.4 Å². The molecule has 1 saturated heterocycles. The zero-order valence-electron chi connectivity index (χ0n) is 19.7. The van der Waals surface area contributed by atoms with Gasteiger partial charge in [-0.2, -0.15) is 13.2 Å². The van der Waals surface area contributed by atoms with Crippen LogP contribution in [0.3, 0.4) is 0 Å². The van der Waals surface area contributed by atoms with Gasteiger partial charge >= 0.3 is 12.1 Å². The van der Waals surface area contributed by atoms with Crippen molar-refractivity contribution in [3.05, 3.63) is 36.2 Å². The number of hydrogen-bond acceptors (Lipinski definition) is 6. The Kier molecular flexibility index (Phi) is 6.83. The van der Waals surface area contributed by atoms with Crippen molar-refractivity contribution in [2.24, 2.45) is 5.92 Å². The average Bonchev–Trinajstić information content (AvgIpc) is 3.29. The minimum atomic E-state index is -4.52. The molecule has 11 heteroatoms. The molecule has 36 heavy (non-hydrogen) atoms. The first-order chi connectivity index (χ1) is 17.2. The first kappa shape index (κ1) is 24.5. The molecule has 0 aromatic carbocycles. The molecule has 3 aromatic heterocycles. The molecule has 0 bridgehead atoms. The number of rotatable bonds is 6. The summed E-state index contributed by atoms with van der Waals surface area (Å²) in [6.07, 6.45) is 3.29. The maximum Gasteiger partial charge on any atom is 0.433 e. The van der Waals surface area contributed by atoms with E-state index in [0.29, 0.717) is 16.9 Å². The monoisotopic (exact) mass is 503 g/mol. The summed E-state index contributed by atoms with van der Waals surface area (Å²) >= 11 is 0. The number of ether oxygens (including phenoxy) is 1. The molecule has 8 nitrogen and oxygen atoms in total. The summed E-state index contributed by atoms with van der Waals surface area (Å²) in [6.45, 7) is 1.64. The minimum Gasteiger partial charge on any atom is -0.481 e. The van der Waals surface area contributed by atoms with Gasteiger partial charge in [0.05, 0.1) is 17.7 Å². The Hall–Kier alpha value is -3.21. The fraction of sp³-hybridized carbons (Fsp3) is 0.520. The van der Waals surface area contributed by atoms with Crippen molar-refractivity contribution in [2.75, 3.05) is 18.0 Å². The summed E-state index contributed by atoms with van der Waals surface area (Å²) in [5.41, 5.74) is 0.141. The maximum absolute atomic E-state index is 12.9. The summed E-state index contributed by atoms with van der Waals surface area (Å²) in [4.78, 5) is 28.5. The van der Waals surface area contributed by atoms with Crippen molar-refractivity contribution in [3.63, 3.8) is 0 Å². The van der Waals surface area contributed by atoms with Crippen molar-refractivity contribution in [1.29, 1.82) is 0 Å². The van der Waals surface area contributed by atoms with Crippen LogP contribution < -0.4 is 4.90 Å². The second-order valence-corrected chi connectivity index (χ2v) is 9.62. The molecule has 0 unspecified atom stereocenters. The van der Waals surface area contributed by atoms with Crippen molar-refractivity contribution < 1.29 is 27.8 Å². The first-order valence-electron chi connectivity index (χ1n) is 12.3. The highest BCUT2D eigenvalue weighted by Gasteiger charge is 2.33. The van der Waals surface area contributed by atoms with Crippen LogP contribution in [0, 0.1) is 5.92 Å². The van der Waals surface area contributed by atoms with Gasteiger partial charge in [0, 0.05) is 31.3 Å². The summed E-state index contributed by atoms with van der Waals surface area (Å²) in [7, 11) is 0. The highest BCUT2D eigenvalue weighted by atomic mass is 19.4. The van der Waals surface area contributed by atoms with Crippen LogP contribution in [-0.4, -0.2) is 56.3 Å². The average molecular weight is 504 g/mol. The molecule has 2 fully saturated rings. The van der Waals surface area contributed by atoms with Crippen molar-refractivity contribution in [1.82, 2.24) is 19.9 Å². The third-order valence-corrected chi connectivity index (χ3v) is 7.07. The number of piperidine rings is 1. The normalized spacial score (nSPS) is 21.7. The first-order valence-corrected chi connectivity index (χ1v) is 12.3. The van der Waals surface area contributed by atoms with E-state index in [1.165, 1.54) is 6.07 Å². The smallest absolute Gasteiger partial charge is 0.433 e. The van der Waals surface area contributed by atoms with Gasteiger partial charge in [-0.1, -0.05) is 0 Å². The molecule has 1 saturated carbocycles. The van der Waals surface area contributed by atoms with Gasteiger partial charge in [-0.05, 0) is 68.7 Å². The van der Waals surface area contributed by atoms with Crippen LogP contribution in [0.5, 0.6) is 0 Å². The van der Waals surface area contributed by atoms with Crippen molar-refractivity contribution >= 4 is 23.0 Å². The number of carbonyl (C=O) groups is 1. The number of pyridine rings is 2. The zero-order valence-corrected chi connectivity index (χ0v) is 19.7. The molecule has 0 radical (unpaired) electrons. The number of anilines is 1. The van der Waals surface area contributed by atoms with Crippen LogP contribution in [-0.2, 0) is 15.7 Å². The molecule has 1 aliphatic heterocycles. The largest absolute Gasteiger partial charge is 0.481 e. The van der Waals surface area contributed by atoms with E-state index in [4.69, 9.17) is 9.84 Å². The van der Waals surface area contributed by atoms with E-state index in [2.05, 4.69) is 24.8 Å². The molecule has 4 heterocycles. The van der Waals surface area contributed by atoms with Crippen LogP contribution in [0.1, 0.15) is 50.6 Å². The van der Waals surface area contributed by atoms with Crippen LogP contribution >= 0.6 is 0 Å². The molecule has 2 N–H and O–H groups in total. The summed E-state index contributed by atoms with van der Waals surface area (Å²) in [6, 6.07) is 6.01. The Bertz CT molecular complexity index is 1200. The van der Waals surface area contributed by atoms with Gasteiger partial charge in [0.1, 0.15) is 17.3 Å². The number of carboxylic acid groups (broad SMARTS) is 1. The Morgan fingerprint density at radius 2 is 1.75 bits per heavy atom. The highest BCUT2D eigenvalue weighted by molar-refractivity contribution is 5.76. The number of imidazole rings is 1. The fourth-order valence-corrected chi connectivity index (χ4v) is 5.11. The van der Waals surface area contributed by atoms with Crippen LogP contribution in [0.25, 0.3) is 22.6 Å². The Morgan fingerprint density at radius 3 is 2.39 bits per heavy atom. The topological polar surface area (TPSA) is 104 Å². The summed E-state index contributed by atoms with van der Waals surface area (Å²) in [5, 5.41) is 8.97.